The number of nitrogens with one attached hydrogen (secondary N) is 1. The van der Waals surface area contributed by atoms with Gasteiger partial charge in [0.1, 0.15) is 5.60 Å². The van der Waals surface area contributed by atoms with Gasteiger partial charge in [-0.2, -0.15) is 0 Å². The van der Waals surface area contributed by atoms with E-state index in [1.807, 2.05) is 32.9 Å². The van der Waals surface area contributed by atoms with Gasteiger partial charge in [-0.1, -0.05) is 13.3 Å². The van der Waals surface area contributed by atoms with Crippen LogP contribution in [0.2, 0.25) is 0 Å². The number of rotatable bonds is 5. The Morgan fingerprint density at radius 2 is 1.92 bits per heavy atom. The largest absolute Gasteiger partial charge is 0.444 e. The molecule has 1 aliphatic rings. The van der Waals surface area contributed by atoms with Crippen LogP contribution < -0.4 is 16.0 Å². The lowest BCUT2D eigenvalue weighted by Crippen LogP contribution is -2.50. The number of carbonyl (C=O) groups excluding carboxylic acids is 1. The zero-order chi connectivity index (χ0) is 18.4. The monoisotopic (exact) mass is 348 g/mol. The van der Waals surface area contributed by atoms with Crippen molar-refractivity contribution in [3.05, 3.63) is 18.2 Å². The summed E-state index contributed by atoms with van der Waals surface area (Å²) in [6, 6.07) is 6.10. The van der Waals surface area contributed by atoms with Crippen molar-refractivity contribution in [2.24, 2.45) is 0 Å². The van der Waals surface area contributed by atoms with Gasteiger partial charge in [0.05, 0.1) is 11.4 Å². The summed E-state index contributed by atoms with van der Waals surface area (Å²) in [4.78, 5) is 16.2. The van der Waals surface area contributed by atoms with Gasteiger partial charge in [-0.15, -0.1) is 0 Å². The average Bonchev–Trinajstić information content (AvgIpc) is 2.55. The van der Waals surface area contributed by atoms with Gasteiger partial charge in [0.25, 0.3) is 0 Å². The molecule has 1 aliphatic heterocycles. The van der Waals surface area contributed by atoms with E-state index < -0.39 is 5.60 Å². The third-order valence-electron chi connectivity index (χ3n) is 4.18. The number of piperazine rings is 1. The Morgan fingerprint density at radius 3 is 2.52 bits per heavy atom. The van der Waals surface area contributed by atoms with Crippen LogP contribution in [0.1, 0.15) is 40.5 Å². The normalized spacial score (nSPS) is 15.2. The van der Waals surface area contributed by atoms with Gasteiger partial charge in [0, 0.05) is 38.4 Å². The number of amides is 1. The number of hydrogen-bond donors (Lipinski definition) is 2. The molecule has 1 aromatic rings. The van der Waals surface area contributed by atoms with Crippen LogP contribution in [0.3, 0.4) is 0 Å². The average molecular weight is 348 g/mol. The van der Waals surface area contributed by atoms with Gasteiger partial charge in [-0.3, -0.25) is 0 Å². The number of benzene rings is 1. The molecule has 0 bridgehead atoms. The third-order valence-corrected chi connectivity index (χ3v) is 4.18. The van der Waals surface area contributed by atoms with Crippen molar-refractivity contribution < 1.29 is 9.53 Å². The first-order chi connectivity index (χ1) is 11.8. The molecule has 0 unspecified atom stereocenters. The lowest BCUT2D eigenvalue weighted by molar-refractivity contribution is 0.0240. The van der Waals surface area contributed by atoms with E-state index in [1.165, 1.54) is 0 Å². The van der Waals surface area contributed by atoms with Crippen molar-refractivity contribution in [3.63, 3.8) is 0 Å². The second kappa shape index (κ2) is 8.32. The second-order valence-electron chi connectivity index (χ2n) is 7.51. The fourth-order valence-corrected chi connectivity index (χ4v) is 2.77. The van der Waals surface area contributed by atoms with Crippen LogP contribution in [0, 0.1) is 0 Å². The van der Waals surface area contributed by atoms with Crippen LogP contribution in [0.4, 0.5) is 21.9 Å². The molecule has 6 heteroatoms. The summed E-state index contributed by atoms with van der Waals surface area (Å²) in [5, 5.41) is 3.41. The van der Waals surface area contributed by atoms with E-state index in [4.69, 9.17) is 10.5 Å². The smallest absolute Gasteiger partial charge is 0.410 e. The first kappa shape index (κ1) is 19.2. The Labute approximate surface area is 151 Å². The maximum atomic E-state index is 12.2. The van der Waals surface area contributed by atoms with E-state index in [-0.39, 0.29) is 6.09 Å². The van der Waals surface area contributed by atoms with Crippen LogP contribution in [0.5, 0.6) is 0 Å². The molecule has 1 saturated heterocycles. The first-order valence-corrected chi connectivity index (χ1v) is 9.16. The van der Waals surface area contributed by atoms with E-state index >= 15 is 0 Å². The Balaban J connectivity index is 1.94. The Morgan fingerprint density at radius 1 is 1.24 bits per heavy atom. The molecule has 1 heterocycles. The number of carbonyl (C=O) groups is 1. The van der Waals surface area contributed by atoms with Crippen LogP contribution in [0.25, 0.3) is 0 Å². The number of nitrogen functional groups attached to an aromatic ring is 1. The minimum atomic E-state index is -0.454. The van der Waals surface area contributed by atoms with Gasteiger partial charge in [0.2, 0.25) is 0 Å². The number of nitrogens with zero attached hydrogens (tertiary/aromatic N) is 2. The van der Waals surface area contributed by atoms with Crippen molar-refractivity contribution in [1.82, 2.24) is 4.90 Å². The van der Waals surface area contributed by atoms with Gasteiger partial charge in [-0.25, -0.2) is 4.79 Å². The minimum absolute atomic E-state index is 0.230. The molecule has 2 rings (SSSR count). The zero-order valence-electron chi connectivity index (χ0n) is 16.0. The number of ether oxygens (including phenoxy) is 1. The predicted octanol–water partition coefficient (Wildman–Crippen LogP) is 3.54. The highest BCUT2D eigenvalue weighted by atomic mass is 16.6. The number of nitrogens with two attached hydrogens (primary N) is 1. The van der Waals surface area contributed by atoms with E-state index in [0.29, 0.717) is 13.1 Å². The van der Waals surface area contributed by atoms with Gasteiger partial charge >= 0.3 is 6.09 Å². The van der Waals surface area contributed by atoms with Crippen LogP contribution in [0.15, 0.2) is 18.2 Å². The summed E-state index contributed by atoms with van der Waals surface area (Å²) in [5.41, 5.74) is 8.51. The van der Waals surface area contributed by atoms with E-state index in [1.54, 1.807) is 4.90 Å². The van der Waals surface area contributed by atoms with Gasteiger partial charge < -0.3 is 25.6 Å². The number of anilines is 3. The van der Waals surface area contributed by atoms with Crippen LogP contribution in [-0.2, 0) is 4.74 Å². The summed E-state index contributed by atoms with van der Waals surface area (Å²) in [7, 11) is 0. The lowest BCUT2D eigenvalue weighted by Gasteiger charge is -2.37. The Hall–Kier alpha value is -2.11. The second-order valence-corrected chi connectivity index (χ2v) is 7.51. The molecule has 0 radical (unpaired) electrons. The molecule has 0 spiro atoms. The molecular formula is C19H32N4O2. The third kappa shape index (κ3) is 5.73. The minimum Gasteiger partial charge on any atom is -0.444 e. The molecule has 25 heavy (non-hydrogen) atoms. The molecular weight excluding hydrogens is 316 g/mol. The standard InChI is InChI=1S/C19H32N4O2/c1-5-6-9-21-17-14-15(7-8-16(17)20)22-10-12-23(13-11-22)18(24)25-19(2,3)4/h7-8,14,21H,5-6,9-13,20H2,1-4H3. The molecule has 0 aliphatic carbocycles. The molecule has 1 fully saturated rings. The Bertz CT molecular complexity index is 575. The maximum absolute atomic E-state index is 12.2. The molecule has 6 nitrogen and oxygen atoms in total. The predicted molar refractivity (Wildman–Crippen MR) is 104 cm³/mol. The fourth-order valence-electron chi connectivity index (χ4n) is 2.77. The molecule has 0 saturated carbocycles. The molecule has 1 aromatic carbocycles. The fraction of sp³-hybridized carbons (Fsp3) is 0.632. The summed E-state index contributed by atoms with van der Waals surface area (Å²) in [6.07, 6.45) is 2.05. The molecule has 0 atom stereocenters. The number of hydrogen-bond acceptors (Lipinski definition) is 5. The topological polar surface area (TPSA) is 70.8 Å². The van der Waals surface area contributed by atoms with E-state index in [0.717, 1.165) is 49.5 Å². The van der Waals surface area contributed by atoms with Crippen molar-refractivity contribution >= 4 is 23.2 Å². The van der Waals surface area contributed by atoms with Crippen molar-refractivity contribution in [1.29, 1.82) is 0 Å². The molecule has 140 valence electrons. The van der Waals surface area contributed by atoms with Crippen molar-refractivity contribution in [3.8, 4) is 0 Å². The van der Waals surface area contributed by atoms with Gasteiger partial charge in [0.15, 0.2) is 0 Å². The first-order valence-electron chi connectivity index (χ1n) is 9.16. The highest BCUT2D eigenvalue weighted by Crippen LogP contribution is 2.26. The summed E-state index contributed by atoms with van der Waals surface area (Å²) < 4.78 is 5.45. The SMILES string of the molecule is CCCCNc1cc(N2CCN(C(=O)OC(C)(C)C)CC2)ccc1N. The Kier molecular flexibility index (Phi) is 6.39. The quantitative estimate of drug-likeness (QED) is 0.629. The maximum Gasteiger partial charge on any atom is 0.410 e. The molecule has 1 amide bonds. The van der Waals surface area contributed by atoms with Crippen LogP contribution in [-0.4, -0.2) is 49.3 Å². The van der Waals surface area contributed by atoms with Crippen LogP contribution >= 0.6 is 0 Å². The summed E-state index contributed by atoms with van der Waals surface area (Å²) >= 11 is 0. The zero-order valence-corrected chi connectivity index (χ0v) is 16.0. The lowest BCUT2D eigenvalue weighted by atomic mass is 10.2. The van der Waals surface area contributed by atoms with E-state index in [2.05, 4.69) is 23.2 Å². The molecule has 0 aromatic heterocycles. The van der Waals surface area contributed by atoms with Crippen molar-refractivity contribution in [2.75, 3.05) is 48.7 Å². The van der Waals surface area contributed by atoms with Crippen molar-refractivity contribution in [2.45, 2.75) is 46.1 Å². The highest BCUT2D eigenvalue weighted by Gasteiger charge is 2.26. The highest BCUT2D eigenvalue weighted by molar-refractivity contribution is 5.73. The van der Waals surface area contributed by atoms with E-state index in [9.17, 15) is 4.79 Å². The summed E-state index contributed by atoms with van der Waals surface area (Å²) in [6.45, 7) is 11.7. The molecule has 3 N–H and O–H groups in total. The van der Waals surface area contributed by atoms with Gasteiger partial charge in [-0.05, 0) is 45.4 Å². The number of unbranched alkanes of at least 4 members (excludes halogenated alkanes) is 1. The summed E-state index contributed by atoms with van der Waals surface area (Å²) in [5.74, 6) is 0.